The maximum absolute atomic E-state index is 13.2. The van der Waals surface area contributed by atoms with E-state index >= 15 is 0 Å². The first-order chi connectivity index (χ1) is 12.4. The monoisotopic (exact) mass is 354 g/mol. The Morgan fingerprint density at radius 2 is 1.92 bits per heavy atom. The van der Waals surface area contributed by atoms with Gasteiger partial charge in [0.2, 0.25) is 0 Å². The minimum atomic E-state index is -0.518. The molecule has 0 aliphatic heterocycles. The summed E-state index contributed by atoms with van der Waals surface area (Å²) in [6, 6.07) is 13.4. The molecular formula is C20H23FN4O. The molecule has 2 N–H and O–H groups in total. The molecule has 0 radical (unpaired) electrons. The van der Waals surface area contributed by atoms with Crippen LogP contribution in [0.3, 0.4) is 0 Å². The number of urea groups is 1. The molecule has 2 amide bonds. The molecule has 136 valence electrons. The van der Waals surface area contributed by atoms with Gasteiger partial charge in [0.1, 0.15) is 11.9 Å². The number of rotatable bonds is 6. The molecule has 0 unspecified atom stereocenters. The van der Waals surface area contributed by atoms with Crippen LogP contribution in [0, 0.1) is 17.1 Å². The van der Waals surface area contributed by atoms with Crippen molar-refractivity contribution in [2.45, 2.75) is 33.0 Å². The van der Waals surface area contributed by atoms with Crippen LogP contribution in [-0.2, 0) is 13.1 Å². The number of nitriles is 1. The quantitative estimate of drug-likeness (QED) is 0.828. The molecule has 0 bridgehead atoms. The first-order valence-corrected chi connectivity index (χ1v) is 8.42. The van der Waals surface area contributed by atoms with Gasteiger partial charge in [-0.1, -0.05) is 24.3 Å². The lowest BCUT2D eigenvalue weighted by Gasteiger charge is -2.22. The Balaban J connectivity index is 2.01. The fraction of sp³-hybridized carbons (Fsp3) is 0.300. The van der Waals surface area contributed by atoms with Crippen molar-refractivity contribution in [3.63, 3.8) is 0 Å². The van der Waals surface area contributed by atoms with Crippen LogP contribution in [0.2, 0.25) is 0 Å². The zero-order chi connectivity index (χ0) is 19.1. The Labute approximate surface area is 153 Å². The third-order valence-corrected chi connectivity index (χ3v) is 4.21. The van der Waals surface area contributed by atoms with Gasteiger partial charge < -0.3 is 10.6 Å². The van der Waals surface area contributed by atoms with Crippen molar-refractivity contribution in [3.05, 3.63) is 65.0 Å². The summed E-state index contributed by atoms with van der Waals surface area (Å²) in [6.45, 7) is 5.40. The maximum Gasteiger partial charge on any atom is 0.319 e. The highest BCUT2D eigenvalue weighted by Gasteiger charge is 2.10. The summed E-state index contributed by atoms with van der Waals surface area (Å²) < 4.78 is 13.2. The van der Waals surface area contributed by atoms with Gasteiger partial charge in [0.15, 0.2) is 0 Å². The van der Waals surface area contributed by atoms with Crippen molar-refractivity contribution < 1.29 is 9.18 Å². The van der Waals surface area contributed by atoms with Crippen LogP contribution in [0.1, 0.15) is 30.5 Å². The van der Waals surface area contributed by atoms with Gasteiger partial charge in [0, 0.05) is 19.1 Å². The van der Waals surface area contributed by atoms with Crippen LogP contribution in [0.5, 0.6) is 0 Å². The molecule has 6 heteroatoms. The van der Waals surface area contributed by atoms with Crippen LogP contribution in [0.15, 0.2) is 42.5 Å². The number of carbonyl (C=O) groups excluding carboxylic acids is 1. The summed E-state index contributed by atoms with van der Waals surface area (Å²) in [5, 5.41) is 14.4. The van der Waals surface area contributed by atoms with Crippen LogP contribution < -0.4 is 10.6 Å². The van der Waals surface area contributed by atoms with E-state index in [0.29, 0.717) is 12.6 Å². The fourth-order valence-electron chi connectivity index (χ4n) is 2.40. The number of hydrogen-bond donors (Lipinski definition) is 2. The number of nitrogens with zero attached hydrogens (tertiary/aromatic N) is 2. The second-order valence-electron chi connectivity index (χ2n) is 6.39. The molecule has 0 aliphatic carbocycles. The number of nitrogens with one attached hydrogen (secondary N) is 2. The zero-order valence-corrected chi connectivity index (χ0v) is 15.2. The normalized spacial score (nSPS) is 10.7. The van der Waals surface area contributed by atoms with Gasteiger partial charge in [-0.15, -0.1) is 0 Å². The Morgan fingerprint density at radius 1 is 1.23 bits per heavy atom. The van der Waals surface area contributed by atoms with E-state index in [1.165, 1.54) is 12.1 Å². The lowest BCUT2D eigenvalue weighted by molar-refractivity contribution is 0.251. The molecule has 5 nitrogen and oxygen atoms in total. The van der Waals surface area contributed by atoms with E-state index in [0.717, 1.165) is 23.7 Å². The average Bonchev–Trinajstić information content (AvgIpc) is 2.62. The van der Waals surface area contributed by atoms with E-state index in [4.69, 9.17) is 5.26 Å². The first-order valence-electron chi connectivity index (χ1n) is 8.42. The molecule has 0 spiro atoms. The Bertz CT molecular complexity index is 814. The minimum absolute atomic E-state index is 0.0825. The molecule has 0 atom stereocenters. The molecule has 0 fully saturated rings. The molecule has 26 heavy (non-hydrogen) atoms. The second-order valence-corrected chi connectivity index (χ2v) is 6.39. The molecule has 0 aromatic heterocycles. The van der Waals surface area contributed by atoms with Gasteiger partial charge in [0.25, 0.3) is 0 Å². The third-order valence-electron chi connectivity index (χ3n) is 4.21. The Kier molecular flexibility index (Phi) is 6.70. The SMILES string of the molecule is CC(C)N(C)Cc1ccccc1CNC(=O)Nc1ccc(F)cc1C#N. The van der Waals surface area contributed by atoms with E-state index in [-0.39, 0.29) is 11.3 Å². The smallest absolute Gasteiger partial charge is 0.319 e. The number of hydrogen-bond acceptors (Lipinski definition) is 3. The van der Waals surface area contributed by atoms with E-state index in [9.17, 15) is 9.18 Å². The van der Waals surface area contributed by atoms with Crippen LogP contribution in [0.25, 0.3) is 0 Å². The zero-order valence-electron chi connectivity index (χ0n) is 15.2. The summed E-state index contributed by atoms with van der Waals surface area (Å²) in [4.78, 5) is 14.4. The molecule has 0 aliphatic rings. The first kappa shape index (κ1) is 19.4. The molecule has 0 saturated heterocycles. The topological polar surface area (TPSA) is 68.2 Å². The number of amides is 2. The summed E-state index contributed by atoms with van der Waals surface area (Å²) in [5.74, 6) is -0.518. The molecule has 0 heterocycles. The highest BCUT2D eigenvalue weighted by molar-refractivity contribution is 5.90. The maximum atomic E-state index is 13.2. The number of carbonyl (C=O) groups is 1. The third kappa shape index (κ3) is 5.30. The Morgan fingerprint density at radius 3 is 2.58 bits per heavy atom. The van der Waals surface area contributed by atoms with E-state index < -0.39 is 11.8 Å². The molecule has 2 aromatic carbocycles. The van der Waals surface area contributed by atoms with Crippen molar-refractivity contribution in [1.29, 1.82) is 5.26 Å². The van der Waals surface area contributed by atoms with E-state index in [2.05, 4.69) is 36.4 Å². The predicted molar refractivity (Wildman–Crippen MR) is 100 cm³/mol. The second kappa shape index (κ2) is 8.97. The minimum Gasteiger partial charge on any atom is -0.334 e. The van der Waals surface area contributed by atoms with Crippen LogP contribution >= 0.6 is 0 Å². The molecule has 0 saturated carbocycles. The van der Waals surface area contributed by atoms with Gasteiger partial charge in [-0.3, -0.25) is 4.90 Å². The van der Waals surface area contributed by atoms with E-state index in [1.54, 1.807) is 0 Å². The van der Waals surface area contributed by atoms with Crippen molar-refractivity contribution in [2.24, 2.45) is 0 Å². The van der Waals surface area contributed by atoms with Crippen molar-refractivity contribution in [1.82, 2.24) is 10.2 Å². The van der Waals surface area contributed by atoms with Gasteiger partial charge in [-0.05, 0) is 50.2 Å². The lowest BCUT2D eigenvalue weighted by atomic mass is 10.1. The molecular weight excluding hydrogens is 331 g/mol. The lowest BCUT2D eigenvalue weighted by Crippen LogP contribution is -2.30. The van der Waals surface area contributed by atoms with Gasteiger partial charge in [-0.2, -0.15) is 5.26 Å². The molecule has 2 rings (SSSR count). The van der Waals surface area contributed by atoms with Crippen LogP contribution in [-0.4, -0.2) is 24.0 Å². The summed E-state index contributed by atoms with van der Waals surface area (Å²) in [6.07, 6.45) is 0. The molecule has 2 aromatic rings. The summed E-state index contributed by atoms with van der Waals surface area (Å²) in [5.41, 5.74) is 2.52. The standard InChI is InChI=1S/C20H23FN4O/c1-14(2)25(3)13-16-7-5-4-6-15(16)12-23-20(26)24-19-9-8-18(21)10-17(19)11-22/h4-10,14H,12-13H2,1-3H3,(H2,23,24,26). The number of halogens is 1. The van der Waals surface area contributed by atoms with Crippen molar-refractivity contribution >= 4 is 11.7 Å². The highest BCUT2D eigenvalue weighted by Crippen LogP contribution is 2.16. The van der Waals surface area contributed by atoms with Crippen molar-refractivity contribution in [3.8, 4) is 6.07 Å². The van der Waals surface area contributed by atoms with Gasteiger partial charge in [-0.25, -0.2) is 9.18 Å². The highest BCUT2D eigenvalue weighted by atomic mass is 19.1. The number of anilines is 1. The predicted octanol–water partition coefficient (Wildman–Crippen LogP) is 3.86. The summed E-state index contributed by atoms with van der Waals surface area (Å²) in [7, 11) is 2.06. The number of benzene rings is 2. The van der Waals surface area contributed by atoms with E-state index in [1.807, 2.05) is 30.3 Å². The van der Waals surface area contributed by atoms with Crippen molar-refractivity contribution in [2.75, 3.05) is 12.4 Å². The Hall–Kier alpha value is -2.91. The van der Waals surface area contributed by atoms with Gasteiger partial charge >= 0.3 is 6.03 Å². The largest absolute Gasteiger partial charge is 0.334 e. The van der Waals surface area contributed by atoms with Crippen LogP contribution in [0.4, 0.5) is 14.9 Å². The summed E-state index contributed by atoms with van der Waals surface area (Å²) >= 11 is 0. The van der Waals surface area contributed by atoms with Gasteiger partial charge in [0.05, 0.1) is 11.3 Å². The average molecular weight is 354 g/mol. The fourth-order valence-corrected chi connectivity index (χ4v) is 2.40.